The number of hydrogen-bond acceptors (Lipinski definition) is 5. The summed E-state index contributed by atoms with van der Waals surface area (Å²) in [6.45, 7) is 4.60. The van der Waals surface area contributed by atoms with Crippen LogP contribution in [0.3, 0.4) is 0 Å². The minimum absolute atomic E-state index is 0.247. The van der Waals surface area contributed by atoms with E-state index in [4.69, 9.17) is 14.1 Å². The molecule has 0 bridgehead atoms. The molecular weight excluding hydrogens is 434 g/mol. The van der Waals surface area contributed by atoms with Gasteiger partial charge in [0.05, 0.1) is 6.61 Å². The highest BCUT2D eigenvalue weighted by atomic mass is 79.9. The molecule has 29 heavy (non-hydrogen) atoms. The van der Waals surface area contributed by atoms with Gasteiger partial charge in [0.15, 0.2) is 0 Å². The van der Waals surface area contributed by atoms with Crippen LogP contribution in [0.5, 0.6) is 0 Å². The smallest absolute Gasteiger partial charge is 0.294 e. The lowest BCUT2D eigenvalue weighted by Gasteiger charge is -2.13. The van der Waals surface area contributed by atoms with E-state index in [1.165, 1.54) is 0 Å². The number of benzene rings is 2. The number of fused-ring (bicyclic) bond motifs is 3. The van der Waals surface area contributed by atoms with Crippen molar-refractivity contribution in [1.29, 1.82) is 0 Å². The Morgan fingerprint density at radius 1 is 1.28 bits per heavy atom. The van der Waals surface area contributed by atoms with Gasteiger partial charge in [0.2, 0.25) is 5.58 Å². The van der Waals surface area contributed by atoms with Gasteiger partial charge in [-0.1, -0.05) is 15.9 Å². The van der Waals surface area contributed by atoms with Crippen LogP contribution in [0.1, 0.15) is 12.0 Å². The molecule has 0 saturated carbocycles. The third-order valence-corrected chi connectivity index (χ3v) is 5.88. The van der Waals surface area contributed by atoms with Gasteiger partial charge in [-0.15, -0.1) is 0 Å². The van der Waals surface area contributed by atoms with Crippen LogP contribution in [0.15, 0.2) is 50.1 Å². The summed E-state index contributed by atoms with van der Waals surface area (Å²) in [5, 5.41) is 4.30. The molecule has 0 spiro atoms. The number of furan rings is 1. The highest BCUT2D eigenvalue weighted by Crippen LogP contribution is 2.30. The summed E-state index contributed by atoms with van der Waals surface area (Å²) in [4.78, 5) is 20.2. The number of hydrogen-bond donors (Lipinski definition) is 2. The first-order valence-corrected chi connectivity index (χ1v) is 10.4. The van der Waals surface area contributed by atoms with Crippen molar-refractivity contribution in [3.05, 3.63) is 56.8 Å². The summed E-state index contributed by atoms with van der Waals surface area (Å²) in [5.41, 5.74) is 4.17. The minimum atomic E-state index is -0.278. The maximum atomic E-state index is 12.6. The summed E-state index contributed by atoms with van der Waals surface area (Å²) >= 11 is 3.47. The lowest BCUT2D eigenvalue weighted by Crippen LogP contribution is -2.14. The zero-order chi connectivity index (χ0) is 20.0. The second-order valence-corrected chi connectivity index (χ2v) is 8.39. The van der Waals surface area contributed by atoms with Crippen molar-refractivity contribution >= 4 is 43.7 Å². The van der Waals surface area contributed by atoms with E-state index in [-0.39, 0.29) is 11.1 Å². The van der Waals surface area contributed by atoms with Crippen molar-refractivity contribution in [2.75, 3.05) is 25.1 Å². The molecule has 0 amide bonds. The molecule has 148 valence electrons. The Morgan fingerprint density at radius 3 is 2.97 bits per heavy atom. The first-order valence-electron chi connectivity index (χ1n) is 9.63. The van der Waals surface area contributed by atoms with Gasteiger partial charge in [0, 0.05) is 40.2 Å². The Kier molecular flexibility index (Phi) is 4.64. The van der Waals surface area contributed by atoms with Crippen molar-refractivity contribution in [3.63, 3.8) is 0 Å². The number of H-pyrrole nitrogens is 1. The van der Waals surface area contributed by atoms with E-state index >= 15 is 0 Å². The van der Waals surface area contributed by atoms with E-state index in [0.717, 1.165) is 52.9 Å². The number of rotatable bonds is 4. The van der Waals surface area contributed by atoms with Crippen molar-refractivity contribution in [1.82, 2.24) is 9.97 Å². The maximum absolute atomic E-state index is 12.6. The Hall–Kier alpha value is -2.64. The van der Waals surface area contributed by atoms with Crippen LogP contribution in [0.4, 0.5) is 5.69 Å². The quantitative estimate of drug-likeness (QED) is 0.461. The molecular formula is C22H20BrN3O3. The van der Waals surface area contributed by atoms with E-state index in [0.29, 0.717) is 22.8 Å². The predicted octanol–water partition coefficient (Wildman–Crippen LogP) is 4.86. The standard InChI is InChI=1S/C22H20BrN3O3/c1-12-8-15(24-10-13-6-7-28-11-13)3-4-16(12)21-25-19-17-9-14(23)2-5-18(17)29-20(19)22(27)26-21/h2-5,8-9,13,24H,6-7,10-11H2,1H3,(H,25,26,27). The monoisotopic (exact) mass is 453 g/mol. The summed E-state index contributed by atoms with van der Waals surface area (Å²) < 4.78 is 12.1. The maximum Gasteiger partial charge on any atom is 0.294 e. The number of aromatic nitrogens is 2. The molecule has 2 N–H and O–H groups in total. The molecule has 1 unspecified atom stereocenters. The zero-order valence-corrected chi connectivity index (χ0v) is 17.5. The van der Waals surface area contributed by atoms with Crippen LogP contribution in [-0.2, 0) is 4.74 Å². The van der Waals surface area contributed by atoms with E-state index in [1.54, 1.807) is 0 Å². The van der Waals surface area contributed by atoms with Crippen LogP contribution >= 0.6 is 15.9 Å². The first-order chi connectivity index (χ1) is 14.1. The summed E-state index contributed by atoms with van der Waals surface area (Å²) in [5.74, 6) is 1.10. The number of nitrogens with one attached hydrogen (secondary N) is 2. The van der Waals surface area contributed by atoms with E-state index in [1.807, 2.05) is 37.3 Å². The molecule has 1 atom stereocenters. The molecule has 7 heteroatoms. The summed E-state index contributed by atoms with van der Waals surface area (Å²) in [6.07, 6.45) is 1.10. The second-order valence-electron chi connectivity index (χ2n) is 7.48. The molecule has 6 nitrogen and oxygen atoms in total. The van der Waals surface area contributed by atoms with Gasteiger partial charge in [-0.05, 0) is 55.3 Å². The number of anilines is 1. The fourth-order valence-corrected chi connectivity index (χ4v) is 4.16. The molecule has 1 aliphatic heterocycles. The molecule has 5 rings (SSSR count). The molecule has 3 heterocycles. The van der Waals surface area contributed by atoms with Crippen LogP contribution < -0.4 is 10.9 Å². The van der Waals surface area contributed by atoms with Gasteiger partial charge in [0.1, 0.15) is 16.9 Å². The first kappa shape index (κ1) is 18.4. The fraction of sp³-hybridized carbons (Fsp3) is 0.273. The summed E-state index contributed by atoms with van der Waals surface area (Å²) in [7, 11) is 0. The molecule has 1 aliphatic rings. The Morgan fingerprint density at radius 2 is 2.17 bits per heavy atom. The molecule has 4 aromatic rings. The molecule has 2 aromatic carbocycles. The minimum Gasteiger partial charge on any atom is -0.449 e. The average Bonchev–Trinajstić information content (AvgIpc) is 3.34. The molecule has 2 aromatic heterocycles. The van der Waals surface area contributed by atoms with Gasteiger partial charge < -0.3 is 19.5 Å². The van der Waals surface area contributed by atoms with Gasteiger partial charge in [0.25, 0.3) is 5.56 Å². The van der Waals surface area contributed by atoms with Crippen LogP contribution in [0.25, 0.3) is 33.5 Å². The fourth-order valence-electron chi connectivity index (χ4n) is 3.80. The highest BCUT2D eigenvalue weighted by Gasteiger charge is 2.17. The molecule has 0 aliphatic carbocycles. The Bertz CT molecular complexity index is 1270. The van der Waals surface area contributed by atoms with Gasteiger partial charge in [-0.2, -0.15) is 0 Å². The third-order valence-electron chi connectivity index (χ3n) is 5.39. The van der Waals surface area contributed by atoms with Crippen LogP contribution in [-0.4, -0.2) is 29.7 Å². The topological polar surface area (TPSA) is 80.2 Å². The van der Waals surface area contributed by atoms with Gasteiger partial charge in [-0.3, -0.25) is 4.79 Å². The lowest BCUT2D eigenvalue weighted by molar-refractivity contribution is 0.187. The lowest BCUT2D eigenvalue weighted by atomic mass is 10.1. The van der Waals surface area contributed by atoms with Crippen molar-refractivity contribution in [2.45, 2.75) is 13.3 Å². The third kappa shape index (κ3) is 3.45. The number of ether oxygens (including phenoxy) is 1. The van der Waals surface area contributed by atoms with Crippen LogP contribution in [0, 0.1) is 12.8 Å². The molecule has 0 radical (unpaired) electrons. The van der Waals surface area contributed by atoms with E-state index < -0.39 is 0 Å². The Balaban J connectivity index is 1.52. The largest absolute Gasteiger partial charge is 0.449 e. The van der Waals surface area contributed by atoms with Crippen molar-refractivity contribution in [3.8, 4) is 11.4 Å². The highest BCUT2D eigenvalue weighted by molar-refractivity contribution is 9.10. The SMILES string of the molecule is Cc1cc(NCC2CCOC2)ccc1-c1nc2c(oc3ccc(Br)cc32)c(=O)[nH]1. The van der Waals surface area contributed by atoms with Crippen molar-refractivity contribution < 1.29 is 9.15 Å². The van der Waals surface area contributed by atoms with Gasteiger partial charge in [-0.25, -0.2) is 4.98 Å². The number of halogens is 1. The van der Waals surface area contributed by atoms with Gasteiger partial charge >= 0.3 is 0 Å². The number of nitrogens with zero attached hydrogens (tertiary/aromatic N) is 1. The Labute approximate surface area is 175 Å². The average molecular weight is 454 g/mol. The number of aryl methyl sites for hydroxylation is 1. The second kappa shape index (κ2) is 7.31. The van der Waals surface area contributed by atoms with Crippen LogP contribution in [0.2, 0.25) is 0 Å². The van der Waals surface area contributed by atoms with E-state index in [2.05, 4.69) is 32.3 Å². The summed E-state index contributed by atoms with van der Waals surface area (Å²) in [6, 6.07) is 11.7. The molecule has 1 saturated heterocycles. The predicted molar refractivity (Wildman–Crippen MR) is 117 cm³/mol. The van der Waals surface area contributed by atoms with Crippen molar-refractivity contribution in [2.24, 2.45) is 5.92 Å². The molecule has 1 fully saturated rings. The van der Waals surface area contributed by atoms with E-state index in [9.17, 15) is 4.79 Å². The number of aromatic amines is 1. The zero-order valence-electron chi connectivity index (χ0n) is 15.9. The normalized spacial score (nSPS) is 16.7.